The number of hydrogen-bond donors (Lipinski definition) is 0. The van der Waals surface area contributed by atoms with Gasteiger partial charge in [-0.1, -0.05) is 25.7 Å². The molecule has 3 rings (SSSR count). The number of nitrogens with zero attached hydrogens (tertiary/aromatic N) is 2. The molecular weight excluding hydrogens is 364 g/mol. The average molecular weight is 395 g/mol. The number of piperazine rings is 1. The molecule has 0 spiro atoms. The fourth-order valence-corrected chi connectivity index (χ4v) is 5.41. The number of carbonyl (C=O) groups excluding carboxylic acids is 1. The Hall–Kier alpha value is -1.60. The maximum absolute atomic E-state index is 12.8. The Morgan fingerprint density at radius 2 is 1.70 bits per heavy atom. The van der Waals surface area contributed by atoms with Crippen molar-refractivity contribution in [3.63, 3.8) is 0 Å². The molecule has 0 bridgehead atoms. The molecular formula is C20H30N2O4S. The van der Waals surface area contributed by atoms with E-state index in [0.717, 1.165) is 6.42 Å². The molecule has 0 aromatic heterocycles. The summed E-state index contributed by atoms with van der Waals surface area (Å²) in [5, 5.41) is 0. The Kier molecular flexibility index (Phi) is 6.76. The number of sulfonamides is 1. The Balaban J connectivity index is 1.51. The minimum atomic E-state index is -3.53. The van der Waals surface area contributed by atoms with Gasteiger partial charge in [0.15, 0.2) is 0 Å². The SMILES string of the molecule is CCOc1ccc(S(=O)(=O)N2CCN(C(=O)CCC3CCCC3)CC2)cc1. The highest BCUT2D eigenvalue weighted by Gasteiger charge is 2.30. The van der Waals surface area contributed by atoms with E-state index in [1.165, 1.54) is 30.0 Å². The molecule has 1 aromatic carbocycles. The van der Waals surface area contributed by atoms with Crippen LogP contribution in [0, 0.1) is 5.92 Å². The van der Waals surface area contributed by atoms with Crippen molar-refractivity contribution in [2.24, 2.45) is 5.92 Å². The standard InChI is InChI=1S/C20H30N2O4S/c1-2-26-18-8-10-19(11-9-18)27(24,25)22-15-13-21(14-16-22)20(23)12-7-17-5-3-4-6-17/h8-11,17H,2-7,12-16H2,1H3. The molecule has 0 N–H and O–H groups in total. The van der Waals surface area contributed by atoms with E-state index < -0.39 is 10.0 Å². The zero-order valence-corrected chi connectivity index (χ0v) is 16.9. The molecule has 6 nitrogen and oxygen atoms in total. The second-order valence-electron chi connectivity index (χ2n) is 7.38. The summed E-state index contributed by atoms with van der Waals surface area (Å²) in [6.07, 6.45) is 6.66. The van der Waals surface area contributed by atoms with Crippen LogP contribution in [-0.2, 0) is 14.8 Å². The van der Waals surface area contributed by atoms with E-state index >= 15 is 0 Å². The largest absolute Gasteiger partial charge is 0.494 e. The number of rotatable bonds is 7. The molecule has 0 radical (unpaired) electrons. The topological polar surface area (TPSA) is 66.9 Å². The Morgan fingerprint density at radius 3 is 2.30 bits per heavy atom. The van der Waals surface area contributed by atoms with Crippen LogP contribution in [0.2, 0.25) is 0 Å². The summed E-state index contributed by atoms with van der Waals surface area (Å²) in [5.74, 6) is 1.53. The molecule has 0 unspecified atom stereocenters. The van der Waals surface area contributed by atoms with Crippen molar-refractivity contribution < 1.29 is 17.9 Å². The molecule has 1 saturated carbocycles. The predicted molar refractivity (Wildman–Crippen MR) is 104 cm³/mol. The third kappa shape index (κ3) is 5.02. The molecule has 1 heterocycles. The van der Waals surface area contributed by atoms with E-state index in [0.29, 0.717) is 50.9 Å². The maximum atomic E-state index is 12.8. The lowest BCUT2D eigenvalue weighted by atomic mass is 10.0. The van der Waals surface area contributed by atoms with Crippen LogP contribution in [0.4, 0.5) is 0 Å². The van der Waals surface area contributed by atoms with Gasteiger partial charge in [0.05, 0.1) is 11.5 Å². The molecule has 1 amide bonds. The van der Waals surface area contributed by atoms with Gasteiger partial charge in [0.2, 0.25) is 15.9 Å². The first kappa shape index (κ1) is 20.1. The smallest absolute Gasteiger partial charge is 0.243 e. The van der Waals surface area contributed by atoms with Crippen LogP contribution in [0.5, 0.6) is 5.75 Å². The van der Waals surface area contributed by atoms with Gasteiger partial charge in [0.25, 0.3) is 0 Å². The van der Waals surface area contributed by atoms with Gasteiger partial charge < -0.3 is 9.64 Å². The average Bonchev–Trinajstić information content (AvgIpc) is 3.20. The van der Waals surface area contributed by atoms with Crippen LogP contribution in [0.25, 0.3) is 0 Å². The van der Waals surface area contributed by atoms with Crippen molar-refractivity contribution >= 4 is 15.9 Å². The summed E-state index contributed by atoms with van der Waals surface area (Å²) < 4.78 is 32.5. The third-order valence-corrected chi connectivity index (χ3v) is 7.52. The predicted octanol–water partition coefficient (Wildman–Crippen LogP) is 2.89. The number of amides is 1. The molecule has 7 heteroatoms. The lowest BCUT2D eigenvalue weighted by molar-refractivity contribution is -0.132. The minimum Gasteiger partial charge on any atom is -0.494 e. The molecule has 27 heavy (non-hydrogen) atoms. The van der Waals surface area contributed by atoms with E-state index in [1.807, 2.05) is 11.8 Å². The summed E-state index contributed by atoms with van der Waals surface area (Å²) in [4.78, 5) is 14.5. The Morgan fingerprint density at radius 1 is 1.07 bits per heavy atom. The van der Waals surface area contributed by atoms with Gasteiger partial charge in [-0.3, -0.25) is 4.79 Å². The molecule has 0 atom stereocenters. The first-order valence-electron chi connectivity index (χ1n) is 10.0. The Bertz CT molecular complexity index is 719. The van der Waals surface area contributed by atoms with Crippen molar-refractivity contribution in [2.75, 3.05) is 32.8 Å². The fraction of sp³-hybridized carbons (Fsp3) is 0.650. The van der Waals surface area contributed by atoms with Crippen LogP contribution < -0.4 is 4.74 Å². The number of ether oxygens (including phenoxy) is 1. The van der Waals surface area contributed by atoms with Crippen molar-refractivity contribution in [1.29, 1.82) is 0 Å². The first-order chi connectivity index (χ1) is 13.0. The summed E-state index contributed by atoms with van der Waals surface area (Å²) >= 11 is 0. The van der Waals surface area contributed by atoms with Crippen LogP contribution in [-0.4, -0.2) is 56.3 Å². The van der Waals surface area contributed by atoms with E-state index in [9.17, 15) is 13.2 Å². The van der Waals surface area contributed by atoms with Gasteiger partial charge in [0, 0.05) is 32.6 Å². The highest BCUT2D eigenvalue weighted by Crippen LogP contribution is 2.29. The molecule has 150 valence electrons. The zero-order chi connectivity index (χ0) is 19.3. The van der Waals surface area contributed by atoms with Gasteiger partial charge in [-0.05, 0) is 43.5 Å². The van der Waals surface area contributed by atoms with E-state index in [-0.39, 0.29) is 10.8 Å². The quantitative estimate of drug-likeness (QED) is 0.713. The van der Waals surface area contributed by atoms with Crippen LogP contribution >= 0.6 is 0 Å². The molecule has 1 aromatic rings. The number of carbonyl (C=O) groups is 1. The van der Waals surface area contributed by atoms with Crippen LogP contribution in [0.3, 0.4) is 0 Å². The highest BCUT2D eigenvalue weighted by atomic mass is 32.2. The van der Waals surface area contributed by atoms with E-state index in [4.69, 9.17) is 4.74 Å². The first-order valence-corrected chi connectivity index (χ1v) is 11.5. The van der Waals surface area contributed by atoms with Gasteiger partial charge in [-0.15, -0.1) is 0 Å². The molecule has 2 fully saturated rings. The molecule has 1 saturated heterocycles. The normalized spacial score (nSPS) is 19.4. The molecule has 2 aliphatic rings. The van der Waals surface area contributed by atoms with Gasteiger partial charge in [0.1, 0.15) is 5.75 Å². The molecule has 1 aliphatic carbocycles. The summed E-state index contributed by atoms with van der Waals surface area (Å²) in [5.41, 5.74) is 0. The second-order valence-corrected chi connectivity index (χ2v) is 9.32. The van der Waals surface area contributed by atoms with Crippen LogP contribution in [0.15, 0.2) is 29.2 Å². The molecule has 1 aliphatic heterocycles. The zero-order valence-electron chi connectivity index (χ0n) is 16.1. The van der Waals surface area contributed by atoms with Crippen molar-refractivity contribution in [2.45, 2.75) is 50.3 Å². The van der Waals surface area contributed by atoms with Gasteiger partial charge in [-0.2, -0.15) is 4.31 Å². The lowest BCUT2D eigenvalue weighted by Gasteiger charge is -2.34. The van der Waals surface area contributed by atoms with E-state index in [1.54, 1.807) is 24.3 Å². The second kappa shape index (κ2) is 9.06. The lowest BCUT2D eigenvalue weighted by Crippen LogP contribution is -2.50. The minimum absolute atomic E-state index is 0.167. The Labute approximate surface area is 162 Å². The number of benzene rings is 1. The van der Waals surface area contributed by atoms with Crippen molar-refractivity contribution in [1.82, 2.24) is 9.21 Å². The maximum Gasteiger partial charge on any atom is 0.243 e. The summed E-state index contributed by atoms with van der Waals surface area (Å²) in [6, 6.07) is 6.53. The third-order valence-electron chi connectivity index (χ3n) is 5.61. The monoisotopic (exact) mass is 394 g/mol. The summed E-state index contributed by atoms with van der Waals surface area (Å²) in [6.45, 7) is 4.08. The summed E-state index contributed by atoms with van der Waals surface area (Å²) in [7, 11) is -3.53. The van der Waals surface area contributed by atoms with Gasteiger partial charge in [-0.25, -0.2) is 8.42 Å². The number of hydrogen-bond acceptors (Lipinski definition) is 4. The van der Waals surface area contributed by atoms with Crippen molar-refractivity contribution in [3.05, 3.63) is 24.3 Å². The van der Waals surface area contributed by atoms with Gasteiger partial charge >= 0.3 is 0 Å². The van der Waals surface area contributed by atoms with Crippen LogP contribution in [0.1, 0.15) is 45.4 Å². The van der Waals surface area contributed by atoms with E-state index in [2.05, 4.69) is 0 Å². The van der Waals surface area contributed by atoms with Crippen molar-refractivity contribution in [3.8, 4) is 5.75 Å². The highest BCUT2D eigenvalue weighted by molar-refractivity contribution is 7.89. The fourth-order valence-electron chi connectivity index (χ4n) is 3.99.